The molecule has 0 bridgehead atoms. The normalized spacial score (nSPS) is 12.9. The first-order valence-corrected chi connectivity index (χ1v) is 35.0. The molecular formula is C77H130O6. The summed E-state index contributed by atoms with van der Waals surface area (Å²) in [6.45, 7) is 6.41. The summed E-state index contributed by atoms with van der Waals surface area (Å²) in [5.74, 6) is -0.886. The molecule has 0 aromatic carbocycles. The minimum atomic E-state index is -0.790. The average Bonchev–Trinajstić information content (AvgIpc) is 3.49. The summed E-state index contributed by atoms with van der Waals surface area (Å²) in [5.41, 5.74) is 0. The monoisotopic (exact) mass is 1150 g/mol. The summed E-state index contributed by atoms with van der Waals surface area (Å²) >= 11 is 0. The maximum Gasteiger partial charge on any atom is 0.306 e. The molecule has 6 heteroatoms. The van der Waals surface area contributed by atoms with Gasteiger partial charge in [-0.25, -0.2) is 0 Å². The van der Waals surface area contributed by atoms with E-state index in [0.717, 1.165) is 122 Å². The van der Waals surface area contributed by atoms with Gasteiger partial charge in [0.15, 0.2) is 6.10 Å². The smallest absolute Gasteiger partial charge is 0.306 e. The minimum Gasteiger partial charge on any atom is -0.462 e. The lowest BCUT2D eigenvalue weighted by molar-refractivity contribution is -0.167. The lowest BCUT2D eigenvalue weighted by Gasteiger charge is -2.18. The third-order valence-corrected chi connectivity index (χ3v) is 14.9. The second-order valence-corrected chi connectivity index (χ2v) is 23.0. The molecule has 474 valence electrons. The maximum atomic E-state index is 13.0. The van der Waals surface area contributed by atoms with Crippen molar-refractivity contribution in [1.82, 2.24) is 0 Å². The topological polar surface area (TPSA) is 78.9 Å². The van der Waals surface area contributed by atoms with Gasteiger partial charge in [0.25, 0.3) is 0 Å². The maximum absolute atomic E-state index is 13.0. The summed E-state index contributed by atoms with van der Waals surface area (Å²) < 4.78 is 17.0. The number of hydrogen-bond donors (Lipinski definition) is 0. The highest BCUT2D eigenvalue weighted by Gasteiger charge is 2.19. The molecule has 0 aliphatic carbocycles. The fourth-order valence-corrected chi connectivity index (χ4v) is 9.75. The highest BCUT2D eigenvalue weighted by Crippen LogP contribution is 2.17. The van der Waals surface area contributed by atoms with Gasteiger partial charge in [0, 0.05) is 19.3 Å². The van der Waals surface area contributed by atoms with Gasteiger partial charge in [-0.1, -0.05) is 303 Å². The third kappa shape index (κ3) is 68.5. The molecule has 0 saturated heterocycles. The summed E-state index contributed by atoms with van der Waals surface area (Å²) in [6, 6.07) is 0. The Morgan fingerprint density at radius 2 is 0.470 bits per heavy atom. The Hall–Kier alpha value is -4.19. The van der Waals surface area contributed by atoms with Crippen LogP contribution in [0.15, 0.2) is 122 Å². The number of ether oxygens (including phenoxy) is 3. The van der Waals surface area contributed by atoms with Crippen molar-refractivity contribution in [1.29, 1.82) is 0 Å². The number of carbonyl (C=O) groups is 3. The highest BCUT2D eigenvalue weighted by molar-refractivity contribution is 5.71. The van der Waals surface area contributed by atoms with Gasteiger partial charge in [0.05, 0.1) is 0 Å². The predicted octanol–water partition coefficient (Wildman–Crippen LogP) is 24.3. The Morgan fingerprint density at radius 3 is 0.735 bits per heavy atom. The molecule has 0 amide bonds. The van der Waals surface area contributed by atoms with Crippen LogP contribution in [-0.4, -0.2) is 37.2 Å². The Balaban J connectivity index is 4.37. The largest absolute Gasteiger partial charge is 0.462 e. The van der Waals surface area contributed by atoms with E-state index in [1.54, 1.807) is 0 Å². The van der Waals surface area contributed by atoms with Crippen LogP contribution in [0.3, 0.4) is 0 Å². The molecular weight excluding hydrogens is 1020 g/mol. The van der Waals surface area contributed by atoms with E-state index < -0.39 is 6.10 Å². The molecule has 1 atom stereocenters. The van der Waals surface area contributed by atoms with Gasteiger partial charge < -0.3 is 14.2 Å². The van der Waals surface area contributed by atoms with Crippen LogP contribution in [0.1, 0.15) is 329 Å². The Labute approximate surface area is 513 Å². The number of hydrogen-bond acceptors (Lipinski definition) is 6. The fraction of sp³-hybridized carbons (Fsp3) is 0.701. The van der Waals surface area contributed by atoms with E-state index in [2.05, 4.69) is 142 Å². The number of rotatable bonds is 63. The zero-order valence-electron chi connectivity index (χ0n) is 54.4. The molecule has 0 aromatic heterocycles. The zero-order chi connectivity index (χ0) is 59.9. The SMILES string of the molecule is CC/C=C\C/C=C\C/C=C\C/C=C\CCCCCCCCCCCCCCC(=O)OCC(COC(=O)CCCCCCCCC/C=C\C/C=C\CCCCC)OC(=O)CCCCCCCCCCCC/C=C\C/C=C\C/C=C\C/C=C\CC. The summed E-state index contributed by atoms with van der Waals surface area (Å²) in [5, 5.41) is 0. The molecule has 0 spiro atoms. The van der Waals surface area contributed by atoms with Crippen molar-refractivity contribution in [3.8, 4) is 0 Å². The van der Waals surface area contributed by atoms with Gasteiger partial charge in [-0.15, -0.1) is 0 Å². The summed E-state index contributed by atoms with van der Waals surface area (Å²) in [7, 11) is 0. The third-order valence-electron chi connectivity index (χ3n) is 14.9. The van der Waals surface area contributed by atoms with E-state index in [-0.39, 0.29) is 31.1 Å². The predicted molar refractivity (Wildman–Crippen MR) is 362 cm³/mol. The van der Waals surface area contributed by atoms with Gasteiger partial charge in [0.1, 0.15) is 13.2 Å². The average molecular weight is 1150 g/mol. The number of carbonyl (C=O) groups excluding carboxylic acids is 3. The lowest BCUT2D eigenvalue weighted by atomic mass is 10.0. The van der Waals surface area contributed by atoms with Crippen molar-refractivity contribution in [2.45, 2.75) is 335 Å². The van der Waals surface area contributed by atoms with Gasteiger partial charge in [-0.05, 0) is 128 Å². The summed E-state index contributed by atoms with van der Waals surface area (Å²) in [6.07, 6.45) is 97.8. The molecule has 1 unspecified atom stereocenters. The Kier molecular flexibility index (Phi) is 66.7. The Bertz CT molecular complexity index is 1700. The van der Waals surface area contributed by atoms with Crippen LogP contribution in [0.5, 0.6) is 0 Å². The number of allylic oxidation sites excluding steroid dienone is 20. The van der Waals surface area contributed by atoms with E-state index in [1.165, 1.54) is 167 Å². The van der Waals surface area contributed by atoms with Crippen molar-refractivity contribution in [3.63, 3.8) is 0 Å². The van der Waals surface area contributed by atoms with Crippen molar-refractivity contribution in [2.24, 2.45) is 0 Å². The van der Waals surface area contributed by atoms with Crippen LogP contribution in [-0.2, 0) is 28.6 Å². The van der Waals surface area contributed by atoms with Gasteiger partial charge in [0.2, 0.25) is 0 Å². The first kappa shape index (κ1) is 78.8. The Morgan fingerprint density at radius 1 is 0.253 bits per heavy atom. The van der Waals surface area contributed by atoms with E-state index in [9.17, 15) is 14.4 Å². The van der Waals surface area contributed by atoms with E-state index >= 15 is 0 Å². The molecule has 0 radical (unpaired) electrons. The van der Waals surface area contributed by atoms with E-state index in [1.807, 2.05) is 0 Å². The molecule has 0 fully saturated rings. The lowest BCUT2D eigenvalue weighted by Crippen LogP contribution is -2.30. The van der Waals surface area contributed by atoms with Crippen molar-refractivity contribution in [2.75, 3.05) is 13.2 Å². The fourth-order valence-electron chi connectivity index (χ4n) is 9.75. The molecule has 0 aliphatic rings. The standard InChI is InChI=1S/C77H130O6/c1-4-7-10-13-16-19-22-25-28-31-33-35-37-38-40-41-43-46-49-52-55-58-61-64-67-70-76(79)82-73-74(72-81-75(78)69-66-63-60-57-54-51-48-45-30-27-24-21-18-15-12-9-6-3)83-77(80)71-68-65-62-59-56-53-50-47-44-42-39-36-34-32-29-26-23-20-17-14-11-8-5-2/h7-8,10-11,16-21,25-30,33-36,74H,4-6,9,12-15,22-24,31-32,37-73H2,1-3H3/b10-7-,11-8-,19-16-,20-17-,21-18-,28-25-,29-26-,30-27-,35-33-,36-34-. The van der Waals surface area contributed by atoms with Gasteiger partial charge in [-0.2, -0.15) is 0 Å². The quantitative estimate of drug-likeness (QED) is 0.0261. The molecule has 0 N–H and O–H groups in total. The molecule has 0 saturated carbocycles. The first-order valence-electron chi connectivity index (χ1n) is 35.0. The van der Waals surface area contributed by atoms with Crippen molar-refractivity contribution in [3.05, 3.63) is 122 Å². The van der Waals surface area contributed by atoms with Gasteiger partial charge >= 0.3 is 17.9 Å². The minimum absolute atomic E-state index is 0.0838. The first-order chi connectivity index (χ1) is 41.0. The number of esters is 3. The van der Waals surface area contributed by atoms with Crippen LogP contribution in [0.25, 0.3) is 0 Å². The van der Waals surface area contributed by atoms with Crippen LogP contribution in [0, 0.1) is 0 Å². The van der Waals surface area contributed by atoms with Crippen LogP contribution in [0.2, 0.25) is 0 Å². The molecule has 0 rings (SSSR count). The zero-order valence-corrected chi connectivity index (χ0v) is 54.4. The van der Waals surface area contributed by atoms with Crippen molar-refractivity contribution >= 4 is 17.9 Å². The summed E-state index contributed by atoms with van der Waals surface area (Å²) in [4.78, 5) is 38.5. The highest BCUT2D eigenvalue weighted by atomic mass is 16.6. The van der Waals surface area contributed by atoms with Crippen LogP contribution < -0.4 is 0 Å². The molecule has 6 nitrogen and oxygen atoms in total. The number of unbranched alkanes of at least 4 members (excludes halogenated alkanes) is 32. The molecule has 0 aromatic rings. The molecule has 0 aliphatic heterocycles. The van der Waals surface area contributed by atoms with Crippen molar-refractivity contribution < 1.29 is 28.6 Å². The second kappa shape index (κ2) is 70.3. The molecule has 83 heavy (non-hydrogen) atoms. The van der Waals surface area contributed by atoms with Gasteiger partial charge in [-0.3, -0.25) is 14.4 Å². The van der Waals surface area contributed by atoms with Crippen LogP contribution >= 0.6 is 0 Å². The second-order valence-electron chi connectivity index (χ2n) is 23.0. The van der Waals surface area contributed by atoms with E-state index in [0.29, 0.717) is 19.3 Å². The van der Waals surface area contributed by atoms with E-state index in [4.69, 9.17) is 14.2 Å². The van der Waals surface area contributed by atoms with Crippen LogP contribution in [0.4, 0.5) is 0 Å². The molecule has 0 heterocycles.